The van der Waals surface area contributed by atoms with Crippen molar-refractivity contribution in [3.63, 3.8) is 0 Å². The number of methoxy groups -OCH3 is 1. The molecule has 6 nitrogen and oxygen atoms in total. The molecule has 0 aromatic carbocycles. The first-order valence-electron chi connectivity index (χ1n) is 7.45. The van der Waals surface area contributed by atoms with Gasteiger partial charge in [-0.25, -0.2) is 0 Å². The van der Waals surface area contributed by atoms with Crippen molar-refractivity contribution in [1.29, 1.82) is 0 Å². The van der Waals surface area contributed by atoms with Gasteiger partial charge in [-0.2, -0.15) is 0 Å². The monoisotopic (exact) mass is 312 g/mol. The van der Waals surface area contributed by atoms with Gasteiger partial charge in [0.25, 0.3) is 0 Å². The topological polar surface area (TPSA) is 84.0 Å². The summed E-state index contributed by atoms with van der Waals surface area (Å²) in [6.45, 7) is 3.30. The number of rotatable bonds is 7. The molecule has 2 fully saturated rings. The van der Waals surface area contributed by atoms with Crippen molar-refractivity contribution in [2.75, 3.05) is 40.1 Å². The summed E-state index contributed by atoms with van der Waals surface area (Å²) in [5.41, 5.74) is 0. The average molecular weight is 312 g/mol. The van der Waals surface area contributed by atoms with Gasteiger partial charge in [0.1, 0.15) is 18.0 Å². The molecule has 0 radical (unpaired) electrons. The van der Waals surface area contributed by atoms with Gasteiger partial charge in [0, 0.05) is 12.3 Å². The van der Waals surface area contributed by atoms with E-state index in [1.54, 1.807) is 12.2 Å². The van der Waals surface area contributed by atoms with Gasteiger partial charge in [-0.05, 0) is 6.08 Å². The second-order valence-electron chi connectivity index (χ2n) is 5.30. The summed E-state index contributed by atoms with van der Waals surface area (Å²) >= 11 is 0. The zero-order valence-corrected chi connectivity index (χ0v) is 12.8. The van der Waals surface area contributed by atoms with Crippen LogP contribution >= 0.6 is 0 Å². The fourth-order valence-corrected chi connectivity index (χ4v) is 1.91. The third-order valence-corrected chi connectivity index (χ3v) is 3.36. The Hall–Kier alpha value is -1.34. The number of hydrogen-bond donors (Lipinski definition) is 2. The second-order valence-corrected chi connectivity index (χ2v) is 5.30. The smallest absolute Gasteiger partial charge is 0.152 e. The van der Waals surface area contributed by atoms with Gasteiger partial charge >= 0.3 is 0 Å². The van der Waals surface area contributed by atoms with E-state index in [4.69, 9.17) is 24.1 Å². The van der Waals surface area contributed by atoms with Gasteiger partial charge in [-0.15, -0.1) is 0 Å². The molecule has 1 aliphatic carbocycles. The fourth-order valence-electron chi connectivity index (χ4n) is 1.91. The fraction of sp³-hybridized carbons (Fsp3) is 0.625. The Morgan fingerprint density at radius 2 is 1.91 bits per heavy atom. The van der Waals surface area contributed by atoms with E-state index in [1.807, 2.05) is 12.2 Å². The molecule has 3 aliphatic rings. The molecule has 0 amide bonds. The molecule has 2 N–H and O–H groups in total. The van der Waals surface area contributed by atoms with Crippen LogP contribution in [-0.4, -0.2) is 62.6 Å². The highest BCUT2D eigenvalue weighted by Crippen LogP contribution is 2.23. The highest BCUT2D eigenvalue weighted by atomic mass is 16.6. The lowest BCUT2D eigenvalue weighted by molar-refractivity contribution is 0.102. The molecule has 0 spiro atoms. The van der Waals surface area contributed by atoms with Crippen LogP contribution in [0.1, 0.15) is 6.42 Å². The zero-order chi connectivity index (χ0) is 15.8. The van der Waals surface area contributed by atoms with Crippen LogP contribution in [0.3, 0.4) is 0 Å². The van der Waals surface area contributed by atoms with Crippen molar-refractivity contribution in [3.05, 3.63) is 35.8 Å². The van der Waals surface area contributed by atoms with Gasteiger partial charge in [0.05, 0.1) is 40.1 Å². The molecule has 0 saturated carbocycles. The maximum Gasteiger partial charge on any atom is 0.152 e. The summed E-state index contributed by atoms with van der Waals surface area (Å²) < 4.78 is 20.1. The number of epoxide rings is 2. The van der Waals surface area contributed by atoms with Gasteiger partial charge < -0.3 is 29.2 Å². The maximum absolute atomic E-state index is 9.31. The Labute approximate surface area is 130 Å². The first-order valence-corrected chi connectivity index (χ1v) is 7.45. The van der Waals surface area contributed by atoms with E-state index < -0.39 is 0 Å². The first kappa shape index (κ1) is 17.0. The van der Waals surface area contributed by atoms with Crippen molar-refractivity contribution < 1.29 is 29.2 Å². The SMILES string of the molecule is C(OCC1CO1)C1CO1.COC1=C(O)C=CC(/C=C/CO)C1. The number of hydrogen-bond acceptors (Lipinski definition) is 6. The highest BCUT2D eigenvalue weighted by Gasteiger charge is 2.26. The van der Waals surface area contributed by atoms with Crippen LogP contribution in [-0.2, 0) is 18.9 Å². The molecule has 0 aromatic rings. The van der Waals surface area contributed by atoms with Crippen LogP contribution in [0.2, 0.25) is 0 Å². The summed E-state index contributed by atoms with van der Waals surface area (Å²) in [5, 5.41) is 17.9. The minimum atomic E-state index is 0.0440. The lowest BCUT2D eigenvalue weighted by atomic mass is 9.98. The quantitative estimate of drug-likeness (QED) is 0.545. The first-order chi connectivity index (χ1) is 10.7. The summed E-state index contributed by atoms with van der Waals surface area (Å²) in [7, 11) is 1.54. The van der Waals surface area contributed by atoms with E-state index in [-0.39, 0.29) is 18.3 Å². The van der Waals surface area contributed by atoms with E-state index >= 15 is 0 Å². The predicted molar refractivity (Wildman–Crippen MR) is 80.4 cm³/mol. The minimum absolute atomic E-state index is 0.0440. The standard InChI is InChI=1S/C10H14O3.C6H10O3/c1-13-10-7-8(3-2-6-11)4-5-9(10)12;1(5-3-8-5)7-2-6-4-9-6/h2-5,8,11-12H,6-7H2,1H3;5-6H,1-4H2/b3-2+;. The third-order valence-electron chi connectivity index (χ3n) is 3.36. The van der Waals surface area contributed by atoms with Gasteiger partial charge in [-0.1, -0.05) is 18.2 Å². The van der Waals surface area contributed by atoms with Crippen LogP contribution in [0.4, 0.5) is 0 Å². The zero-order valence-electron chi connectivity index (χ0n) is 12.8. The molecule has 6 heteroatoms. The summed E-state index contributed by atoms with van der Waals surface area (Å²) in [6.07, 6.45) is 8.51. The minimum Gasteiger partial charge on any atom is -0.504 e. The molecule has 0 bridgehead atoms. The lowest BCUT2D eigenvalue weighted by Gasteiger charge is -2.15. The predicted octanol–water partition coefficient (Wildman–Crippen LogP) is 1.33. The van der Waals surface area contributed by atoms with Gasteiger partial charge in [0.2, 0.25) is 0 Å². The Bertz CT molecular complexity index is 408. The van der Waals surface area contributed by atoms with Crippen molar-refractivity contribution in [2.45, 2.75) is 18.6 Å². The number of aliphatic hydroxyl groups excluding tert-OH is 2. The molecule has 2 aliphatic heterocycles. The molecular formula is C16H24O6. The molecule has 124 valence electrons. The van der Waals surface area contributed by atoms with Gasteiger partial charge in [-0.3, -0.25) is 0 Å². The van der Waals surface area contributed by atoms with E-state index in [9.17, 15) is 5.11 Å². The van der Waals surface area contributed by atoms with Crippen LogP contribution in [0.5, 0.6) is 0 Å². The Morgan fingerprint density at radius 1 is 1.27 bits per heavy atom. The maximum atomic E-state index is 9.31. The molecule has 3 unspecified atom stereocenters. The van der Waals surface area contributed by atoms with Gasteiger partial charge in [0.15, 0.2) is 5.76 Å². The molecule has 3 atom stereocenters. The number of allylic oxidation sites excluding steroid dienone is 4. The summed E-state index contributed by atoms with van der Waals surface area (Å²) in [5.74, 6) is 0.990. The normalized spacial score (nSPS) is 29.3. The Kier molecular flexibility index (Phi) is 6.92. The molecule has 2 saturated heterocycles. The van der Waals surface area contributed by atoms with E-state index in [0.29, 0.717) is 24.4 Å². The molecule has 3 rings (SSSR count). The third kappa shape index (κ3) is 6.62. The Balaban J connectivity index is 0.000000170. The second kappa shape index (κ2) is 8.95. The molecular weight excluding hydrogens is 288 g/mol. The highest BCUT2D eigenvalue weighted by molar-refractivity contribution is 5.24. The number of aliphatic hydroxyl groups is 2. The van der Waals surface area contributed by atoms with Crippen molar-refractivity contribution in [1.82, 2.24) is 0 Å². The average Bonchev–Trinajstić information content (AvgIpc) is 3.42. The lowest BCUT2D eigenvalue weighted by Crippen LogP contribution is -2.06. The van der Waals surface area contributed by atoms with Crippen LogP contribution < -0.4 is 0 Å². The van der Waals surface area contributed by atoms with Crippen LogP contribution in [0.15, 0.2) is 35.8 Å². The number of ether oxygens (including phenoxy) is 4. The largest absolute Gasteiger partial charge is 0.504 e. The summed E-state index contributed by atoms with van der Waals surface area (Å²) in [4.78, 5) is 0. The van der Waals surface area contributed by atoms with Crippen molar-refractivity contribution in [2.24, 2.45) is 5.92 Å². The summed E-state index contributed by atoms with van der Waals surface area (Å²) in [6, 6.07) is 0. The molecule has 0 aromatic heterocycles. The molecule has 2 heterocycles. The Morgan fingerprint density at radius 3 is 2.41 bits per heavy atom. The van der Waals surface area contributed by atoms with E-state index in [1.165, 1.54) is 7.11 Å². The van der Waals surface area contributed by atoms with Crippen LogP contribution in [0, 0.1) is 5.92 Å². The van der Waals surface area contributed by atoms with E-state index in [2.05, 4.69) is 0 Å². The van der Waals surface area contributed by atoms with Crippen molar-refractivity contribution >= 4 is 0 Å². The van der Waals surface area contributed by atoms with Crippen LogP contribution in [0.25, 0.3) is 0 Å². The molecule has 22 heavy (non-hydrogen) atoms. The van der Waals surface area contributed by atoms with Crippen molar-refractivity contribution in [3.8, 4) is 0 Å². The van der Waals surface area contributed by atoms with E-state index in [0.717, 1.165) is 26.4 Å².